The van der Waals surface area contributed by atoms with Crippen LogP contribution >= 0.6 is 15.9 Å². The van der Waals surface area contributed by atoms with Crippen molar-refractivity contribution in [1.29, 1.82) is 0 Å². The van der Waals surface area contributed by atoms with Crippen LogP contribution in [0, 0.1) is 11.6 Å². The Morgan fingerprint density at radius 2 is 1.95 bits per heavy atom. The van der Waals surface area contributed by atoms with Gasteiger partial charge in [-0.2, -0.15) is 0 Å². The van der Waals surface area contributed by atoms with Crippen molar-refractivity contribution in [2.75, 3.05) is 4.90 Å². The minimum absolute atomic E-state index is 0.0219. The van der Waals surface area contributed by atoms with E-state index in [-0.39, 0.29) is 28.2 Å². The van der Waals surface area contributed by atoms with Crippen LogP contribution in [0.2, 0.25) is 0 Å². The molecule has 1 atom stereocenters. The standard InChI is InChI=1S/C16H18BrF2NO2/c1-8-6-7-11-15(20(8)9(2)21)14(19)13(18)12(17)16(11)22-10-4-3-5-10/h8,10H,3-7H2,1-2H3. The van der Waals surface area contributed by atoms with E-state index in [0.29, 0.717) is 24.2 Å². The average molecular weight is 374 g/mol. The van der Waals surface area contributed by atoms with Crippen LogP contribution in [0.15, 0.2) is 4.47 Å². The normalized spacial score (nSPS) is 21.3. The average Bonchev–Trinajstić information content (AvgIpc) is 2.42. The maximum atomic E-state index is 14.5. The molecular weight excluding hydrogens is 356 g/mol. The SMILES string of the molecule is CC(=O)N1c2c(F)c(F)c(Br)c(OC3CCC3)c2CCC1C. The van der Waals surface area contributed by atoms with Gasteiger partial charge >= 0.3 is 0 Å². The summed E-state index contributed by atoms with van der Waals surface area (Å²) in [5, 5.41) is 0. The lowest BCUT2D eigenvalue weighted by atomic mass is 9.93. The van der Waals surface area contributed by atoms with Crippen LogP contribution < -0.4 is 9.64 Å². The molecular formula is C16H18BrF2NO2. The van der Waals surface area contributed by atoms with Crippen molar-refractivity contribution in [2.45, 2.75) is 58.1 Å². The third kappa shape index (κ3) is 2.41. The molecule has 120 valence electrons. The van der Waals surface area contributed by atoms with Crippen LogP contribution in [0.25, 0.3) is 0 Å². The summed E-state index contributed by atoms with van der Waals surface area (Å²) in [7, 11) is 0. The minimum atomic E-state index is -0.992. The van der Waals surface area contributed by atoms with Crippen molar-refractivity contribution in [1.82, 2.24) is 0 Å². The van der Waals surface area contributed by atoms with E-state index in [1.54, 1.807) is 0 Å². The van der Waals surface area contributed by atoms with Crippen molar-refractivity contribution >= 4 is 27.5 Å². The Kier molecular flexibility index (Phi) is 4.14. The number of ether oxygens (including phenoxy) is 1. The molecule has 0 aromatic heterocycles. The second-order valence-electron chi connectivity index (χ2n) is 6.05. The number of rotatable bonds is 2. The number of hydrogen-bond acceptors (Lipinski definition) is 2. The molecule has 2 aliphatic rings. The summed E-state index contributed by atoms with van der Waals surface area (Å²) >= 11 is 3.12. The van der Waals surface area contributed by atoms with Gasteiger partial charge in [0.1, 0.15) is 5.75 Å². The number of benzene rings is 1. The van der Waals surface area contributed by atoms with E-state index >= 15 is 0 Å². The molecule has 0 radical (unpaired) electrons. The zero-order valence-corrected chi connectivity index (χ0v) is 14.2. The zero-order chi connectivity index (χ0) is 16.0. The molecule has 1 saturated carbocycles. The van der Waals surface area contributed by atoms with Gasteiger partial charge in [-0.05, 0) is 55.0 Å². The smallest absolute Gasteiger partial charge is 0.224 e. The minimum Gasteiger partial charge on any atom is -0.489 e. The topological polar surface area (TPSA) is 29.5 Å². The van der Waals surface area contributed by atoms with Crippen LogP contribution in [-0.4, -0.2) is 18.1 Å². The van der Waals surface area contributed by atoms with Gasteiger partial charge in [0.25, 0.3) is 0 Å². The third-order valence-electron chi connectivity index (χ3n) is 4.52. The van der Waals surface area contributed by atoms with Gasteiger partial charge in [-0.3, -0.25) is 4.79 Å². The van der Waals surface area contributed by atoms with Crippen molar-refractivity contribution in [2.24, 2.45) is 0 Å². The molecule has 0 bridgehead atoms. The number of halogens is 3. The quantitative estimate of drug-likeness (QED) is 0.721. The first-order valence-electron chi connectivity index (χ1n) is 7.57. The number of nitrogens with zero attached hydrogens (tertiary/aromatic N) is 1. The van der Waals surface area contributed by atoms with E-state index in [4.69, 9.17) is 4.74 Å². The van der Waals surface area contributed by atoms with Crippen LogP contribution in [0.3, 0.4) is 0 Å². The second kappa shape index (κ2) is 5.80. The van der Waals surface area contributed by atoms with Crippen LogP contribution in [0.5, 0.6) is 5.75 Å². The van der Waals surface area contributed by atoms with Gasteiger partial charge in [-0.1, -0.05) is 0 Å². The highest BCUT2D eigenvalue weighted by atomic mass is 79.9. The summed E-state index contributed by atoms with van der Waals surface area (Å²) in [5.41, 5.74) is 0.632. The molecule has 1 heterocycles. The molecule has 1 aliphatic carbocycles. The Morgan fingerprint density at radius 3 is 2.50 bits per heavy atom. The summed E-state index contributed by atoms with van der Waals surface area (Å²) in [6.45, 7) is 3.22. The molecule has 1 fully saturated rings. The fraction of sp³-hybridized carbons (Fsp3) is 0.562. The maximum absolute atomic E-state index is 14.5. The van der Waals surface area contributed by atoms with Gasteiger partial charge in [0.05, 0.1) is 16.3 Å². The molecule has 1 aromatic rings. The van der Waals surface area contributed by atoms with E-state index in [1.165, 1.54) is 11.8 Å². The number of amides is 1. The Bertz CT molecular complexity index is 631. The highest BCUT2D eigenvalue weighted by molar-refractivity contribution is 9.10. The van der Waals surface area contributed by atoms with Crippen molar-refractivity contribution < 1.29 is 18.3 Å². The molecule has 0 spiro atoms. The Hall–Kier alpha value is -1.17. The van der Waals surface area contributed by atoms with E-state index in [1.807, 2.05) is 6.92 Å². The predicted molar refractivity (Wildman–Crippen MR) is 83.3 cm³/mol. The van der Waals surface area contributed by atoms with Crippen molar-refractivity contribution in [3.63, 3.8) is 0 Å². The molecule has 1 aliphatic heterocycles. The summed E-state index contributed by atoms with van der Waals surface area (Å²) in [4.78, 5) is 13.3. The number of hydrogen-bond donors (Lipinski definition) is 0. The van der Waals surface area contributed by atoms with Crippen LogP contribution in [0.4, 0.5) is 14.5 Å². The molecule has 1 unspecified atom stereocenters. The summed E-state index contributed by atoms with van der Waals surface area (Å²) in [5.74, 6) is -1.90. The number of anilines is 1. The zero-order valence-electron chi connectivity index (χ0n) is 12.6. The highest BCUT2D eigenvalue weighted by Crippen LogP contribution is 2.46. The molecule has 3 nitrogen and oxygen atoms in total. The Labute approximate surface area is 136 Å². The van der Waals surface area contributed by atoms with Gasteiger partial charge in [0.15, 0.2) is 11.6 Å². The van der Waals surface area contributed by atoms with E-state index in [9.17, 15) is 13.6 Å². The van der Waals surface area contributed by atoms with Gasteiger partial charge in [-0.15, -0.1) is 0 Å². The van der Waals surface area contributed by atoms with Gasteiger partial charge in [0.2, 0.25) is 5.91 Å². The highest BCUT2D eigenvalue weighted by Gasteiger charge is 2.36. The van der Waals surface area contributed by atoms with Crippen LogP contribution in [-0.2, 0) is 11.2 Å². The summed E-state index contributed by atoms with van der Waals surface area (Å²) in [6, 6.07) is -0.156. The lowest BCUT2D eigenvalue weighted by molar-refractivity contribution is -0.117. The van der Waals surface area contributed by atoms with Gasteiger partial charge in [-0.25, -0.2) is 8.78 Å². The lowest BCUT2D eigenvalue weighted by Crippen LogP contribution is -2.42. The maximum Gasteiger partial charge on any atom is 0.224 e. The number of carbonyl (C=O) groups excluding carboxylic acids is 1. The third-order valence-corrected chi connectivity index (χ3v) is 5.23. The first-order chi connectivity index (χ1) is 10.4. The van der Waals surface area contributed by atoms with Gasteiger partial charge in [0, 0.05) is 18.5 Å². The molecule has 6 heteroatoms. The van der Waals surface area contributed by atoms with E-state index in [0.717, 1.165) is 19.3 Å². The lowest BCUT2D eigenvalue weighted by Gasteiger charge is -2.37. The van der Waals surface area contributed by atoms with Gasteiger partial charge < -0.3 is 9.64 Å². The van der Waals surface area contributed by atoms with Crippen molar-refractivity contribution in [3.05, 3.63) is 21.7 Å². The first kappa shape index (κ1) is 15.7. The first-order valence-corrected chi connectivity index (χ1v) is 8.36. The Balaban J connectivity index is 2.16. The summed E-state index contributed by atoms with van der Waals surface area (Å²) < 4.78 is 34.7. The number of fused-ring (bicyclic) bond motifs is 1. The molecule has 0 saturated heterocycles. The molecule has 3 rings (SSSR count). The molecule has 1 aromatic carbocycles. The summed E-state index contributed by atoms with van der Waals surface area (Å²) in [6.07, 6.45) is 4.25. The fourth-order valence-corrected chi connectivity index (χ4v) is 3.61. The molecule has 0 N–H and O–H groups in total. The second-order valence-corrected chi connectivity index (χ2v) is 6.84. The Morgan fingerprint density at radius 1 is 1.27 bits per heavy atom. The van der Waals surface area contributed by atoms with E-state index < -0.39 is 11.6 Å². The number of carbonyl (C=O) groups is 1. The van der Waals surface area contributed by atoms with E-state index in [2.05, 4.69) is 15.9 Å². The van der Waals surface area contributed by atoms with Crippen LogP contribution in [0.1, 0.15) is 45.1 Å². The largest absolute Gasteiger partial charge is 0.489 e. The fourth-order valence-electron chi connectivity index (χ4n) is 3.10. The van der Waals surface area contributed by atoms with Crippen molar-refractivity contribution in [3.8, 4) is 5.75 Å². The monoisotopic (exact) mass is 373 g/mol. The molecule has 22 heavy (non-hydrogen) atoms. The predicted octanol–water partition coefficient (Wildman–Crippen LogP) is 4.35. The molecule has 1 amide bonds.